The van der Waals surface area contributed by atoms with Crippen LogP contribution in [0.3, 0.4) is 0 Å². The first-order chi connectivity index (χ1) is 8.67. The number of carbonyl (C=O) groups is 1. The van der Waals surface area contributed by atoms with Gasteiger partial charge in [0, 0.05) is 0 Å². The Hall–Kier alpha value is -0.900. The molecular formula is C14H20BrNO2. The lowest BCUT2D eigenvalue weighted by Gasteiger charge is -2.14. The molecular weight excluding hydrogens is 294 g/mol. The molecule has 0 radical (unpaired) electrons. The fourth-order valence-electron chi connectivity index (χ4n) is 1.69. The summed E-state index contributed by atoms with van der Waals surface area (Å²) in [6.07, 6.45) is 4.52. The van der Waals surface area contributed by atoms with Crippen LogP contribution in [0.5, 0.6) is 0 Å². The van der Waals surface area contributed by atoms with Crippen LogP contribution in [0, 0.1) is 5.92 Å². The van der Waals surface area contributed by atoms with Crippen LogP contribution in [0.4, 0.5) is 0 Å². The Bertz CT molecular complexity index is 382. The SMILES string of the molecule is CCCCC(CC)COC(=O)c1cccc(Br)n1. The van der Waals surface area contributed by atoms with Crippen molar-refractivity contribution >= 4 is 21.9 Å². The van der Waals surface area contributed by atoms with Gasteiger partial charge < -0.3 is 4.74 Å². The average molecular weight is 314 g/mol. The molecule has 1 rings (SSSR count). The zero-order valence-corrected chi connectivity index (χ0v) is 12.6. The topological polar surface area (TPSA) is 39.2 Å². The smallest absolute Gasteiger partial charge is 0.356 e. The van der Waals surface area contributed by atoms with Gasteiger partial charge in [0.1, 0.15) is 10.3 Å². The van der Waals surface area contributed by atoms with Gasteiger partial charge >= 0.3 is 5.97 Å². The number of nitrogens with zero attached hydrogens (tertiary/aromatic N) is 1. The maximum atomic E-state index is 11.8. The Morgan fingerprint density at radius 1 is 1.44 bits per heavy atom. The number of ether oxygens (including phenoxy) is 1. The molecule has 3 nitrogen and oxygen atoms in total. The van der Waals surface area contributed by atoms with Crippen LogP contribution in [0.1, 0.15) is 50.0 Å². The molecule has 0 aliphatic rings. The third-order valence-electron chi connectivity index (χ3n) is 2.92. The molecule has 0 saturated carbocycles. The van der Waals surface area contributed by atoms with Crippen molar-refractivity contribution in [2.45, 2.75) is 39.5 Å². The zero-order chi connectivity index (χ0) is 13.4. The summed E-state index contributed by atoms with van der Waals surface area (Å²) in [6.45, 7) is 4.79. The highest BCUT2D eigenvalue weighted by Gasteiger charge is 2.12. The fraction of sp³-hybridized carbons (Fsp3) is 0.571. The normalized spacial score (nSPS) is 12.2. The van der Waals surface area contributed by atoms with E-state index in [-0.39, 0.29) is 5.97 Å². The highest BCUT2D eigenvalue weighted by molar-refractivity contribution is 9.10. The molecule has 1 aromatic rings. The minimum atomic E-state index is -0.341. The van der Waals surface area contributed by atoms with Gasteiger partial charge in [0.2, 0.25) is 0 Å². The lowest BCUT2D eigenvalue weighted by molar-refractivity contribution is 0.0421. The minimum Gasteiger partial charge on any atom is -0.461 e. The first-order valence-corrected chi connectivity index (χ1v) is 7.26. The van der Waals surface area contributed by atoms with Crippen molar-refractivity contribution in [3.63, 3.8) is 0 Å². The zero-order valence-electron chi connectivity index (χ0n) is 11.0. The molecule has 0 aliphatic heterocycles. The van der Waals surface area contributed by atoms with E-state index in [9.17, 15) is 4.79 Å². The van der Waals surface area contributed by atoms with Gasteiger partial charge in [-0.3, -0.25) is 0 Å². The minimum absolute atomic E-state index is 0.341. The van der Waals surface area contributed by atoms with Gasteiger partial charge in [0.15, 0.2) is 0 Å². The van der Waals surface area contributed by atoms with Crippen LogP contribution in [-0.2, 0) is 4.74 Å². The second-order valence-corrected chi connectivity index (χ2v) is 5.17. The number of hydrogen-bond acceptors (Lipinski definition) is 3. The predicted molar refractivity (Wildman–Crippen MR) is 75.5 cm³/mol. The Kier molecular flexibility index (Phi) is 6.94. The molecule has 18 heavy (non-hydrogen) atoms. The summed E-state index contributed by atoms with van der Waals surface area (Å²) in [5.74, 6) is 0.118. The van der Waals surface area contributed by atoms with Gasteiger partial charge in [0.05, 0.1) is 6.61 Å². The van der Waals surface area contributed by atoms with E-state index >= 15 is 0 Å². The van der Waals surface area contributed by atoms with Gasteiger partial charge in [-0.05, 0) is 40.4 Å². The molecule has 0 aromatic carbocycles. The van der Waals surface area contributed by atoms with E-state index in [2.05, 4.69) is 34.8 Å². The summed E-state index contributed by atoms with van der Waals surface area (Å²) in [4.78, 5) is 15.9. The Balaban J connectivity index is 2.44. The van der Waals surface area contributed by atoms with Crippen LogP contribution in [0.2, 0.25) is 0 Å². The molecule has 0 spiro atoms. The van der Waals surface area contributed by atoms with E-state index in [1.54, 1.807) is 18.2 Å². The number of aromatic nitrogens is 1. The fourth-order valence-corrected chi connectivity index (χ4v) is 2.03. The lowest BCUT2D eigenvalue weighted by atomic mass is 10.0. The number of unbranched alkanes of at least 4 members (excludes halogenated alkanes) is 1. The molecule has 1 aromatic heterocycles. The Morgan fingerprint density at radius 3 is 2.83 bits per heavy atom. The van der Waals surface area contributed by atoms with Gasteiger partial charge in [-0.25, -0.2) is 9.78 Å². The Labute approximate surface area is 117 Å². The summed E-state index contributed by atoms with van der Waals surface area (Å²) in [6, 6.07) is 5.23. The summed E-state index contributed by atoms with van der Waals surface area (Å²) >= 11 is 3.24. The number of hydrogen-bond donors (Lipinski definition) is 0. The maximum Gasteiger partial charge on any atom is 0.356 e. The molecule has 0 bridgehead atoms. The third-order valence-corrected chi connectivity index (χ3v) is 3.36. The molecule has 0 aliphatic carbocycles. The van der Waals surface area contributed by atoms with Crippen LogP contribution in [0.15, 0.2) is 22.8 Å². The van der Waals surface area contributed by atoms with Crippen molar-refractivity contribution in [3.05, 3.63) is 28.5 Å². The first kappa shape index (κ1) is 15.2. The van der Waals surface area contributed by atoms with E-state index in [0.29, 0.717) is 22.8 Å². The predicted octanol–water partition coefficient (Wildman–Crippen LogP) is 4.22. The number of esters is 1. The van der Waals surface area contributed by atoms with Crippen LogP contribution in [0.25, 0.3) is 0 Å². The number of rotatable bonds is 7. The molecule has 4 heteroatoms. The van der Waals surface area contributed by atoms with E-state index in [1.807, 2.05) is 0 Å². The first-order valence-electron chi connectivity index (χ1n) is 6.47. The standard InChI is InChI=1S/C14H20BrNO2/c1-3-5-7-11(4-2)10-18-14(17)12-8-6-9-13(15)16-12/h6,8-9,11H,3-5,7,10H2,1-2H3. The second-order valence-electron chi connectivity index (χ2n) is 4.36. The highest BCUT2D eigenvalue weighted by Crippen LogP contribution is 2.14. The highest BCUT2D eigenvalue weighted by atomic mass is 79.9. The third kappa shape index (κ3) is 5.17. The summed E-state index contributed by atoms with van der Waals surface area (Å²) in [5.41, 5.74) is 0.356. The molecule has 1 unspecified atom stereocenters. The molecule has 100 valence electrons. The Morgan fingerprint density at radius 2 is 2.22 bits per heavy atom. The quantitative estimate of drug-likeness (QED) is 0.559. The van der Waals surface area contributed by atoms with E-state index < -0.39 is 0 Å². The molecule has 1 atom stereocenters. The van der Waals surface area contributed by atoms with Crippen LogP contribution >= 0.6 is 15.9 Å². The summed E-state index contributed by atoms with van der Waals surface area (Å²) in [7, 11) is 0. The van der Waals surface area contributed by atoms with Crippen molar-refractivity contribution in [1.29, 1.82) is 0 Å². The second kappa shape index (κ2) is 8.25. The molecule has 0 N–H and O–H groups in total. The maximum absolute atomic E-state index is 11.8. The van der Waals surface area contributed by atoms with Crippen molar-refractivity contribution in [1.82, 2.24) is 4.98 Å². The number of carbonyl (C=O) groups excluding carboxylic acids is 1. The van der Waals surface area contributed by atoms with Gasteiger partial charge in [0.25, 0.3) is 0 Å². The van der Waals surface area contributed by atoms with Crippen molar-refractivity contribution in [2.75, 3.05) is 6.61 Å². The van der Waals surface area contributed by atoms with Gasteiger partial charge in [-0.15, -0.1) is 0 Å². The number of pyridine rings is 1. The average Bonchev–Trinajstić information content (AvgIpc) is 2.38. The molecule has 0 amide bonds. The lowest BCUT2D eigenvalue weighted by Crippen LogP contribution is -2.15. The van der Waals surface area contributed by atoms with Crippen molar-refractivity contribution in [2.24, 2.45) is 5.92 Å². The number of halogens is 1. The largest absolute Gasteiger partial charge is 0.461 e. The van der Waals surface area contributed by atoms with E-state index in [4.69, 9.17) is 4.74 Å². The summed E-state index contributed by atoms with van der Waals surface area (Å²) < 4.78 is 5.96. The summed E-state index contributed by atoms with van der Waals surface area (Å²) in [5, 5.41) is 0. The van der Waals surface area contributed by atoms with Gasteiger partial charge in [-0.1, -0.05) is 39.2 Å². The molecule has 0 saturated heterocycles. The van der Waals surface area contributed by atoms with E-state index in [0.717, 1.165) is 12.8 Å². The molecule has 1 heterocycles. The van der Waals surface area contributed by atoms with E-state index in [1.165, 1.54) is 12.8 Å². The van der Waals surface area contributed by atoms with Crippen LogP contribution < -0.4 is 0 Å². The van der Waals surface area contributed by atoms with Gasteiger partial charge in [-0.2, -0.15) is 0 Å². The van der Waals surface area contributed by atoms with Crippen molar-refractivity contribution < 1.29 is 9.53 Å². The molecule has 0 fully saturated rings. The van der Waals surface area contributed by atoms with Crippen LogP contribution in [-0.4, -0.2) is 17.6 Å². The monoisotopic (exact) mass is 313 g/mol. The van der Waals surface area contributed by atoms with Crippen molar-refractivity contribution in [3.8, 4) is 0 Å².